The average Bonchev–Trinajstić information content (AvgIpc) is 3.26. The number of anilines is 1. The van der Waals surface area contributed by atoms with Crippen LogP contribution in [0, 0.1) is 0 Å². The van der Waals surface area contributed by atoms with Crippen molar-refractivity contribution in [1.82, 2.24) is 15.3 Å². The maximum Gasteiger partial charge on any atom is 0.257 e. The van der Waals surface area contributed by atoms with Crippen LogP contribution >= 0.6 is 12.4 Å². The molecule has 0 aromatic carbocycles. The maximum atomic E-state index is 6.19. The lowest BCUT2D eigenvalue weighted by Crippen LogP contribution is -2.43. The lowest BCUT2D eigenvalue weighted by atomic mass is 10.0. The number of rotatable bonds is 7. The average molecular weight is 419 g/mol. The van der Waals surface area contributed by atoms with Crippen molar-refractivity contribution >= 4 is 18.1 Å². The summed E-state index contributed by atoms with van der Waals surface area (Å²) < 4.78 is 11.7. The van der Waals surface area contributed by atoms with Crippen LogP contribution < -0.4 is 19.7 Å². The molecule has 4 rings (SSSR count). The van der Waals surface area contributed by atoms with Crippen LogP contribution in [-0.4, -0.2) is 42.3 Å². The van der Waals surface area contributed by atoms with Crippen molar-refractivity contribution in [3.05, 3.63) is 42.4 Å². The Bertz CT molecular complexity index is 750. The fraction of sp³-hybridized carbons (Fsp3) is 0.545. The molecule has 1 saturated carbocycles. The molecule has 1 aliphatic heterocycles. The Kier molecular flexibility index (Phi) is 7.95. The summed E-state index contributed by atoms with van der Waals surface area (Å²) in [6.07, 6.45) is 10.9. The first-order valence-corrected chi connectivity index (χ1v) is 10.4. The van der Waals surface area contributed by atoms with E-state index >= 15 is 0 Å². The number of methoxy groups -OCH3 is 1. The second-order valence-corrected chi connectivity index (χ2v) is 7.65. The fourth-order valence-electron chi connectivity index (χ4n) is 4.21. The number of halogens is 1. The summed E-state index contributed by atoms with van der Waals surface area (Å²) in [5.74, 6) is 1.34. The molecule has 0 amide bonds. The smallest absolute Gasteiger partial charge is 0.257 e. The standard InChI is InChI=1S/C22H30N4O2.ClH/c1-27-21-9-8-17(25-22(21)28-20-6-2-3-7-20)16-26(18-10-13-23-14-11-18)19-5-4-12-24-15-19;/h4-5,8-9,12,15,18,20,23H,2-3,6-7,10-11,13-14,16H2,1H3;1H. The van der Waals surface area contributed by atoms with Gasteiger partial charge >= 0.3 is 0 Å². The number of nitrogens with zero attached hydrogens (tertiary/aromatic N) is 3. The highest BCUT2D eigenvalue weighted by atomic mass is 35.5. The molecule has 1 aliphatic carbocycles. The first kappa shape index (κ1) is 21.7. The molecule has 2 fully saturated rings. The van der Waals surface area contributed by atoms with Gasteiger partial charge in [0.1, 0.15) is 6.10 Å². The van der Waals surface area contributed by atoms with Crippen molar-refractivity contribution < 1.29 is 9.47 Å². The molecule has 0 radical (unpaired) electrons. The van der Waals surface area contributed by atoms with E-state index < -0.39 is 0 Å². The minimum Gasteiger partial charge on any atom is -0.491 e. The molecule has 0 spiro atoms. The van der Waals surface area contributed by atoms with Crippen molar-refractivity contribution in [2.45, 2.75) is 57.2 Å². The summed E-state index contributed by atoms with van der Waals surface area (Å²) in [6.45, 7) is 2.84. The van der Waals surface area contributed by atoms with Crippen LogP contribution in [0.3, 0.4) is 0 Å². The Morgan fingerprint density at radius 3 is 2.59 bits per heavy atom. The molecule has 6 nitrogen and oxygen atoms in total. The highest BCUT2D eigenvalue weighted by Gasteiger charge is 2.24. The first-order valence-electron chi connectivity index (χ1n) is 10.4. The van der Waals surface area contributed by atoms with Crippen LogP contribution in [0.4, 0.5) is 5.69 Å². The van der Waals surface area contributed by atoms with E-state index in [4.69, 9.17) is 14.5 Å². The highest BCUT2D eigenvalue weighted by Crippen LogP contribution is 2.31. The van der Waals surface area contributed by atoms with Gasteiger partial charge in [-0.25, -0.2) is 4.98 Å². The van der Waals surface area contributed by atoms with Gasteiger partial charge in [0.15, 0.2) is 5.75 Å². The Hall–Kier alpha value is -2.05. The van der Waals surface area contributed by atoms with Gasteiger partial charge in [-0.2, -0.15) is 0 Å². The Morgan fingerprint density at radius 2 is 1.90 bits per heavy atom. The molecule has 2 aromatic heterocycles. The molecular weight excluding hydrogens is 388 g/mol. The zero-order valence-corrected chi connectivity index (χ0v) is 17.9. The van der Waals surface area contributed by atoms with Crippen LogP contribution in [-0.2, 0) is 6.54 Å². The monoisotopic (exact) mass is 418 g/mol. The quantitative estimate of drug-likeness (QED) is 0.733. The third-order valence-electron chi connectivity index (χ3n) is 5.74. The second kappa shape index (κ2) is 10.6. The SMILES string of the molecule is COc1ccc(CN(c2cccnc2)C2CCNCC2)nc1OC1CCCC1.Cl. The first-order chi connectivity index (χ1) is 13.8. The molecule has 1 saturated heterocycles. The van der Waals surface area contributed by atoms with E-state index in [1.54, 1.807) is 7.11 Å². The number of ether oxygens (including phenoxy) is 2. The van der Waals surface area contributed by atoms with Crippen LogP contribution in [0.2, 0.25) is 0 Å². The zero-order valence-electron chi connectivity index (χ0n) is 17.0. The Balaban J connectivity index is 0.00000240. The molecule has 2 aromatic rings. The number of hydrogen-bond donors (Lipinski definition) is 1. The molecule has 2 aliphatic rings. The van der Waals surface area contributed by atoms with Gasteiger partial charge in [0.2, 0.25) is 0 Å². The Labute approximate surface area is 179 Å². The third kappa shape index (κ3) is 5.52. The van der Waals surface area contributed by atoms with Crippen LogP contribution in [0.15, 0.2) is 36.7 Å². The molecule has 0 unspecified atom stereocenters. The summed E-state index contributed by atoms with van der Waals surface area (Å²) in [5, 5.41) is 3.46. The van der Waals surface area contributed by atoms with E-state index in [2.05, 4.69) is 21.3 Å². The van der Waals surface area contributed by atoms with Crippen molar-refractivity contribution in [1.29, 1.82) is 0 Å². The summed E-state index contributed by atoms with van der Waals surface area (Å²) in [5.41, 5.74) is 2.14. The van der Waals surface area contributed by atoms with Gasteiger partial charge in [-0.1, -0.05) is 0 Å². The molecule has 158 valence electrons. The van der Waals surface area contributed by atoms with Gasteiger partial charge in [-0.15, -0.1) is 12.4 Å². The van der Waals surface area contributed by atoms with E-state index in [-0.39, 0.29) is 18.5 Å². The van der Waals surface area contributed by atoms with Crippen molar-refractivity contribution in [3.63, 3.8) is 0 Å². The minimum atomic E-state index is 0. The largest absolute Gasteiger partial charge is 0.491 e. The lowest BCUT2D eigenvalue weighted by molar-refractivity contribution is 0.191. The maximum absolute atomic E-state index is 6.19. The van der Waals surface area contributed by atoms with Crippen molar-refractivity contribution in [2.24, 2.45) is 0 Å². The Morgan fingerprint density at radius 1 is 1.10 bits per heavy atom. The molecular formula is C22H31ClN4O2. The third-order valence-corrected chi connectivity index (χ3v) is 5.74. The van der Waals surface area contributed by atoms with Gasteiger partial charge in [-0.3, -0.25) is 4.98 Å². The lowest BCUT2D eigenvalue weighted by Gasteiger charge is -2.36. The van der Waals surface area contributed by atoms with Gasteiger partial charge in [0.05, 0.1) is 31.2 Å². The number of hydrogen-bond acceptors (Lipinski definition) is 6. The minimum absolute atomic E-state index is 0. The molecule has 29 heavy (non-hydrogen) atoms. The molecule has 0 atom stereocenters. The number of aromatic nitrogens is 2. The van der Waals surface area contributed by atoms with Crippen molar-refractivity contribution in [2.75, 3.05) is 25.1 Å². The predicted molar refractivity (Wildman–Crippen MR) is 117 cm³/mol. The van der Waals surface area contributed by atoms with Crippen LogP contribution in [0.1, 0.15) is 44.2 Å². The fourth-order valence-corrected chi connectivity index (χ4v) is 4.21. The van der Waals surface area contributed by atoms with Crippen LogP contribution in [0.5, 0.6) is 11.6 Å². The van der Waals surface area contributed by atoms with Crippen LogP contribution in [0.25, 0.3) is 0 Å². The summed E-state index contributed by atoms with van der Waals surface area (Å²) in [7, 11) is 1.68. The van der Waals surface area contributed by atoms with E-state index in [0.29, 0.717) is 17.7 Å². The number of pyridine rings is 2. The molecule has 1 N–H and O–H groups in total. The van der Waals surface area contributed by atoms with Gasteiger partial charge in [-0.05, 0) is 75.9 Å². The number of piperidine rings is 1. The summed E-state index contributed by atoms with van der Waals surface area (Å²) >= 11 is 0. The normalized spacial score (nSPS) is 17.6. The second-order valence-electron chi connectivity index (χ2n) is 7.65. The topological polar surface area (TPSA) is 59.5 Å². The van der Waals surface area contributed by atoms with E-state index in [0.717, 1.165) is 56.7 Å². The molecule has 7 heteroatoms. The zero-order chi connectivity index (χ0) is 19.2. The van der Waals surface area contributed by atoms with Crippen molar-refractivity contribution in [3.8, 4) is 11.6 Å². The van der Waals surface area contributed by atoms with E-state index in [1.807, 2.05) is 30.6 Å². The molecule has 3 heterocycles. The van der Waals surface area contributed by atoms with Gasteiger partial charge in [0.25, 0.3) is 5.88 Å². The summed E-state index contributed by atoms with van der Waals surface area (Å²) in [6, 6.07) is 8.64. The molecule has 0 bridgehead atoms. The number of nitrogens with one attached hydrogen (secondary N) is 1. The highest BCUT2D eigenvalue weighted by molar-refractivity contribution is 5.85. The van der Waals surface area contributed by atoms with E-state index in [1.165, 1.54) is 12.8 Å². The predicted octanol–water partition coefficient (Wildman–Crippen LogP) is 3.99. The van der Waals surface area contributed by atoms with E-state index in [9.17, 15) is 0 Å². The van der Waals surface area contributed by atoms with Gasteiger partial charge in [0, 0.05) is 12.2 Å². The summed E-state index contributed by atoms with van der Waals surface area (Å²) in [4.78, 5) is 11.6. The van der Waals surface area contributed by atoms with Gasteiger partial charge < -0.3 is 19.7 Å².